The van der Waals surface area contributed by atoms with Gasteiger partial charge in [-0.2, -0.15) is 4.98 Å². The summed E-state index contributed by atoms with van der Waals surface area (Å²) in [5.74, 6) is 0.868. The van der Waals surface area contributed by atoms with Crippen molar-refractivity contribution in [2.24, 2.45) is 0 Å². The summed E-state index contributed by atoms with van der Waals surface area (Å²) < 4.78 is 5.36. The highest BCUT2D eigenvalue weighted by molar-refractivity contribution is 7.12. The number of carbonyl (C=O) groups excluding carboxylic acids is 1. The minimum Gasteiger partial charge on any atom is -0.339 e. The Labute approximate surface area is 153 Å². The second-order valence-corrected chi connectivity index (χ2v) is 6.46. The average molecular weight is 362 g/mol. The highest BCUT2D eigenvalue weighted by Gasteiger charge is 2.13. The summed E-state index contributed by atoms with van der Waals surface area (Å²) in [6.45, 7) is 0. The highest BCUT2D eigenvalue weighted by atomic mass is 32.1. The smallest absolute Gasteiger partial charge is 0.265 e. The molecule has 26 heavy (non-hydrogen) atoms. The van der Waals surface area contributed by atoms with Gasteiger partial charge in [0.15, 0.2) is 0 Å². The number of nitrogens with one attached hydrogen (secondary N) is 1. The van der Waals surface area contributed by atoms with Crippen LogP contribution in [0.15, 0.2) is 70.8 Å². The van der Waals surface area contributed by atoms with Crippen LogP contribution in [0.5, 0.6) is 0 Å². The van der Waals surface area contributed by atoms with Crippen LogP contribution in [0.4, 0.5) is 5.69 Å². The number of aromatic nitrogens is 3. The van der Waals surface area contributed by atoms with Gasteiger partial charge in [0.05, 0.1) is 11.3 Å². The van der Waals surface area contributed by atoms with Gasteiger partial charge in [0.2, 0.25) is 11.7 Å². The van der Waals surface area contributed by atoms with Crippen molar-refractivity contribution in [3.05, 3.63) is 82.6 Å². The highest BCUT2D eigenvalue weighted by Crippen LogP contribution is 2.22. The van der Waals surface area contributed by atoms with Crippen molar-refractivity contribution >= 4 is 22.9 Å². The molecule has 0 saturated heterocycles. The third-order valence-corrected chi connectivity index (χ3v) is 4.63. The fourth-order valence-electron chi connectivity index (χ4n) is 2.50. The lowest BCUT2D eigenvalue weighted by molar-refractivity contribution is 0.103. The predicted molar refractivity (Wildman–Crippen MR) is 99.0 cm³/mol. The van der Waals surface area contributed by atoms with Gasteiger partial charge in [0.1, 0.15) is 0 Å². The molecule has 0 aliphatic rings. The molecule has 3 heterocycles. The van der Waals surface area contributed by atoms with Gasteiger partial charge in [-0.1, -0.05) is 29.4 Å². The molecule has 3 aromatic heterocycles. The summed E-state index contributed by atoms with van der Waals surface area (Å²) in [6, 6.07) is 14.9. The van der Waals surface area contributed by atoms with Crippen LogP contribution in [0, 0.1) is 0 Å². The zero-order valence-electron chi connectivity index (χ0n) is 13.6. The molecule has 1 amide bonds. The van der Waals surface area contributed by atoms with E-state index in [1.54, 1.807) is 18.5 Å². The topological polar surface area (TPSA) is 80.9 Å². The van der Waals surface area contributed by atoms with Gasteiger partial charge in [-0.3, -0.25) is 9.78 Å². The standard InChI is InChI=1S/C19H14N4O2S/c24-19(16-6-3-11-26-16)21-15-5-2-1-4-14(15)12-17-22-18(23-25-17)13-7-9-20-10-8-13/h1-11H,12H2,(H,21,24). The number of thiophene rings is 1. The Morgan fingerprint density at radius 3 is 2.73 bits per heavy atom. The molecule has 0 unspecified atom stereocenters. The Bertz CT molecular complexity index is 1010. The number of amides is 1. The van der Waals surface area contributed by atoms with Crippen LogP contribution in [0.25, 0.3) is 11.4 Å². The zero-order chi connectivity index (χ0) is 17.8. The van der Waals surface area contributed by atoms with E-state index in [1.807, 2.05) is 47.8 Å². The van der Waals surface area contributed by atoms with Gasteiger partial charge >= 0.3 is 0 Å². The fraction of sp³-hybridized carbons (Fsp3) is 0.0526. The number of hydrogen-bond donors (Lipinski definition) is 1. The van der Waals surface area contributed by atoms with E-state index >= 15 is 0 Å². The second-order valence-electron chi connectivity index (χ2n) is 5.51. The van der Waals surface area contributed by atoms with E-state index in [9.17, 15) is 4.79 Å². The van der Waals surface area contributed by atoms with Crippen molar-refractivity contribution in [2.75, 3.05) is 5.32 Å². The van der Waals surface area contributed by atoms with Gasteiger partial charge in [-0.15, -0.1) is 11.3 Å². The second kappa shape index (κ2) is 7.28. The van der Waals surface area contributed by atoms with Crippen LogP contribution >= 0.6 is 11.3 Å². The molecule has 0 spiro atoms. The van der Waals surface area contributed by atoms with Gasteiger partial charge in [0.25, 0.3) is 5.91 Å². The van der Waals surface area contributed by atoms with Gasteiger partial charge in [0, 0.05) is 23.6 Å². The van der Waals surface area contributed by atoms with E-state index in [0.717, 1.165) is 16.8 Å². The van der Waals surface area contributed by atoms with Crippen LogP contribution in [-0.4, -0.2) is 21.0 Å². The van der Waals surface area contributed by atoms with Crippen molar-refractivity contribution in [2.45, 2.75) is 6.42 Å². The van der Waals surface area contributed by atoms with Gasteiger partial charge in [-0.05, 0) is 35.2 Å². The molecule has 0 fully saturated rings. The number of pyridine rings is 1. The Hall–Kier alpha value is -3.32. The maximum Gasteiger partial charge on any atom is 0.265 e. The molecule has 1 N–H and O–H groups in total. The Morgan fingerprint density at radius 2 is 1.92 bits per heavy atom. The quantitative estimate of drug-likeness (QED) is 0.579. The summed E-state index contributed by atoms with van der Waals surface area (Å²) in [4.78, 5) is 21.4. The lowest BCUT2D eigenvalue weighted by Crippen LogP contribution is -2.11. The van der Waals surface area contributed by atoms with Crippen LogP contribution < -0.4 is 5.32 Å². The monoisotopic (exact) mass is 362 g/mol. The predicted octanol–water partition coefficient (Wildman–Crippen LogP) is 4.04. The van der Waals surface area contributed by atoms with Gasteiger partial charge < -0.3 is 9.84 Å². The zero-order valence-corrected chi connectivity index (χ0v) is 14.4. The summed E-state index contributed by atoms with van der Waals surface area (Å²) >= 11 is 1.40. The SMILES string of the molecule is O=C(Nc1ccccc1Cc1nc(-c2ccncc2)no1)c1cccs1. The number of rotatable bonds is 5. The summed E-state index contributed by atoms with van der Waals surface area (Å²) in [5, 5.41) is 8.83. The van der Waals surface area contributed by atoms with E-state index in [-0.39, 0.29) is 5.91 Å². The third-order valence-electron chi connectivity index (χ3n) is 3.76. The summed E-state index contributed by atoms with van der Waals surface area (Å²) in [6.07, 6.45) is 3.79. The molecule has 6 nitrogen and oxygen atoms in total. The van der Waals surface area contributed by atoms with Crippen molar-refractivity contribution < 1.29 is 9.32 Å². The molecular weight excluding hydrogens is 348 g/mol. The van der Waals surface area contributed by atoms with Crippen molar-refractivity contribution in [1.82, 2.24) is 15.1 Å². The van der Waals surface area contributed by atoms with E-state index in [1.165, 1.54) is 11.3 Å². The molecule has 1 aromatic carbocycles. The maximum absolute atomic E-state index is 12.3. The molecule has 4 aromatic rings. The van der Waals surface area contributed by atoms with E-state index < -0.39 is 0 Å². The number of nitrogens with zero attached hydrogens (tertiary/aromatic N) is 3. The number of para-hydroxylation sites is 1. The van der Waals surface area contributed by atoms with Crippen LogP contribution in [0.2, 0.25) is 0 Å². The molecule has 0 atom stereocenters. The van der Waals surface area contributed by atoms with Crippen LogP contribution in [0.3, 0.4) is 0 Å². The molecule has 0 aliphatic heterocycles. The molecule has 0 radical (unpaired) electrons. The molecule has 4 rings (SSSR count). The first-order chi connectivity index (χ1) is 12.8. The van der Waals surface area contributed by atoms with Crippen LogP contribution in [0.1, 0.15) is 21.1 Å². The van der Waals surface area contributed by atoms with E-state index in [4.69, 9.17) is 4.52 Å². The number of benzene rings is 1. The molecule has 0 bridgehead atoms. The third kappa shape index (κ3) is 3.52. The van der Waals surface area contributed by atoms with E-state index in [2.05, 4.69) is 20.4 Å². The van der Waals surface area contributed by atoms with Crippen molar-refractivity contribution in [1.29, 1.82) is 0 Å². The first-order valence-corrected chi connectivity index (χ1v) is 8.83. The van der Waals surface area contributed by atoms with E-state index in [0.29, 0.717) is 23.0 Å². The fourth-order valence-corrected chi connectivity index (χ4v) is 3.11. The maximum atomic E-state index is 12.3. The summed E-state index contributed by atoms with van der Waals surface area (Å²) in [5.41, 5.74) is 2.48. The van der Waals surface area contributed by atoms with Crippen molar-refractivity contribution in [3.63, 3.8) is 0 Å². The van der Waals surface area contributed by atoms with Gasteiger partial charge in [-0.25, -0.2) is 0 Å². The summed E-state index contributed by atoms with van der Waals surface area (Å²) in [7, 11) is 0. The minimum absolute atomic E-state index is 0.129. The minimum atomic E-state index is -0.129. The number of anilines is 1. The lowest BCUT2D eigenvalue weighted by atomic mass is 10.1. The normalized spacial score (nSPS) is 10.6. The average Bonchev–Trinajstić information content (AvgIpc) is 3.36. The Kier molecular flexibility index (Phi) is 4.53. The van der Waals surface area contributed by atoms with Crippen molar-refractivity contribution in [3.8, 4) is 11.4 Å². The Morgan fingerprint density at radius 1 is 1.08 bits per heavy atom. The largest absolute Gasteiger partial charge is 0.339 e. The lowest BCUT2D eigenvalue weighted by Gasteiger charge is -2.08. The Balaban J connectivity index is 1.54. The first-order valence-electron chi connectivity index (χ1n) is 7.95. The first kappa shape index (κ1) is 16.2. The molecule has 0 aliphatic carbocycles. The van der Waals surface area contributed by atoms with Crippen LogP contribution in [-0.2, 0) is 6.42 Å². The molecule has 7 heteroatoms. The number of carbonyl (C=O) groups is 1. The molecule has 128 valence electrons. The molecular formula is C19H14N4O2S. The number of hydrogen-bond acceptors (Lipinski definition) is 6. The molecule has 0 saturated carbocycles.